The third-order valence-corrected chi connectivity index (χ3v) is 2.15. The Labute approximate surface area is 77.5 Å². The van der Waals surface area contributed by atoms with E-state index >= 15 is 0 Å². The molecule has 0 radical (unpaired) electrons. The van der Waals surface area contributed by atoms with Crippen LogP contribution in [-0.2, 0) is 0 Å². The number of aromatic nitrogens is 1. The van der Waals surface area contributed by atoms with Gasteiger partial charge in [0.05, 0.1) is 12.7 Å². The van der Waals surface area contributed by atoms with Crippen molar-refractivity contribution >= 4 is 5.71 Å². The van der Waals surface area contributed by atoms with Gasteiger partial charge >= 0.3 is 0 Å². The van der Waals surface area contributed by atoms with Crippen molar-refractivity contribution in [1.82, 2.24) is 4.98 Å². The molecule has 0 bridgehead atoms. The van der Waals surface area contributed by atoms with E-state index in [1.54, 1.807) is 13.3 Å². The van der Waals surface area contributed by atoms with Crippen molar-refractivity contribution < 1.29 is 4.74 Å². The Kier molecular flexibility index (Phi) is 2.25. The van der Waals surface area contributed by atoms with Gasteiger partial charge in [-0.15, -0.1) is 0 Å². The van der Waals surface area contributed by atoms with Crippen LogP contribution in [0.2, 0.25) is 0 Å². The largest absolute Gasteiger partial charge is 0.481 e. The zero-order valence-corrected chi connectivity index (χ0v) is 7.66. The number of hydrogen-bond acceptors (Lipinski definition) is 3. The molecule has 1 aliphatic rings. The molecule has 3 heteroatoms. The molecule has 0 spiro atoms. The van der Waals surface area contributed by atoms with Crippen LogP contribution in [0.4, 0.5) is 0 Å². The molecule has 68 valence electrons. The predicted octanol–water partition coefficient (Wildman–Crippen LogP) is 1.67. The molecule has 2 heterocycles. The Bertz CT molecular complexity index is 333. The summed E-state index contributed by atoms with van der Waals surface area (Å²) in [5.41, 5.74) is 2.17. The molecule has 0 aromatic carbocycles. The van der Waals surface area contributed by atoms with Crippen LogP contribution in [0.25, 0.3) is 0 Å². The highest BCUT2D eigenvalue weighted by molar-refractivity contribution is 6.03. The van der Waals surface area contributed by atoms with Crippen LogP contribution in [-0.4, -0.2) is 24.4 Å². The number of ether oxygens (including phenoxy) is 1. The third kappa shape index (κ3) is 1.54. The fourth-order valence-electron chi connectivity index (χ4n) is 1.53. The molecule has 0 amide bonds. The van der Waals surface area contributed by atoms with Crippen molar-refractivity contribution in [1.29, 1.82) is 0 Å². The fourth-order valence-corrected chi connectivity index (χ4v) is 1.53. The minimum absolute atomic E-state index is 0.683. The highest BCUT2D eigenvalue weighted by Gasteiger charge is 2.13. The van der Waals surface area contributed by atoms with E-state index in [4.69, 9.17) is 4.74 Å². The van der Waals surface area contributed by atoms with E-state index in [0.717, 1.165) is 30.7 Å². The summed E-state index contributed by atoms with van der Waals surface area (Å²) in [7, 11) is 1.64. The van der Waals surface area contributed by atoms with E-state index < -0.39 is 0 Å². The van der Waals surface area contributed by atoms with Crippen molar-refractivity contribution in [2.24, 2.45) is 4.99 Å². The van der Waals surface area contributed by atoms with Crippen molar-refractivity contribution in [2.45, 2.75) is 12.8 Å². The SMILES string of the molecule is COc1ncccc1C1=NCCC1. The molecule has 13 heavy (non-hydrogen) atoms. The van der Waals surface area contributed by atoms with Gasteiger partial charge in [0.15, 0.2) is 0 Å². The average molecular weight is 176 g/mol. The Hall–Kier alpha value is -1.38. The highest BCUT2D eigenvalue weighted by atomic mass is 16.5. The van der Waals surface area contributed by atoms with Gasteiger partial charge in [-0.1, -0.05) is 0 Å². The fraction of sp³-hybridized carbons (Fsp3) is 0.400. The first kappa shape index (κ1) is 8.23. The van der Waals surface area contributed by atoms with Gasteiger partial charge in [-0.25, -0.2) is 4.98 Å². The van der Waals surface area contributed by atoms with Crippen LogP contribution < -0.4 is 4.74 Å². The van der Waals surface area contributed by atoms with Crippen LogP contribution in [0.5, 0.6) is 5.88 Å². The maximum Gasteiger partial charge on any atom is 0.222 e. The summed E-state index contributed by atoms with van der Waals surface area (Å²) in [6.07, 6.45) is 3.92. The molecule has 2 rings (SSSR count). The van der Waals surface area contributed by atoms with Gasteiger partial charge in [0.1, 0.15) is 0 Å². The van der Waals surface area contributed by atoms with E-state index in [0.29, 0.717) is 5.88 Å². The van der Waals surface area contributed by atoms with Crippen LogP contribution in [0.3, 0.4) is 0 Å². The Morgan fingerprint density at radius 2 is 2.38 bits per heavy atom. The van der Waals surface area contributed by atoms with Crippen LogP contribution >= 0.6 is 0 Å². The predicted molar refractivity (Wildman–Crippen MR) is 51.4 cm³/mol. The van der Waals surface area contributed by atoms with Crippen molar-refractivity contribution in [3.05, 3.63) is 23.9 Å². The molecule has 0 saturated heterocycles. The summed E-state index contributed by atoms with van der Waals surface area (Å²) in [6, 6.07) is 3.93. The number of hydrogen-bond donors (Lipinski definition) is 0. The first-order chi connectivity index (χ1) is 6.42. The number of pyridine rings is 1. The average Bonchev–Trinajstić information content (AvgIpc) is 2.70. The lowest BCUT2D eigenvalue weighted by Gasteiger charge is -2.05. The summed E-state index contributed by atoms with van der Waals surface area (Å²) in [5, 5.41) is 0. The van der Waals surface area contributed by atoms with E-state index in [1.807, 2.05) is 12.1 Å². The summed E-state index contributed by atoms with van der Waals surface area (Å²) in [4.78, 5) is 8.55. The molecule has 1 aromatic heterocycles. The molecule has 0 saturated carbocycles. The minimum atomic E-state index is 0.683. The molecular formula is C10H12N2O. The minimum Gasteiger partial charge on any atom is -0.481 e. The number of aliphatic imine (C=N–C) groups is 1. The quantitative estimate of drug-likeness (QED) is 0.687. The molecule has 0 fully saturated rings. The zero-order valence-electron chi connectivity index (χ0n) is 7.66. The maximum atomic E-state index is 5.17. The van der Waals surface area contributed by atoms with E-state index in [9.17, 15) is 0 Å². The summed E-state index contributed by atoms with van der Waals surface area (Å²) < 4.78 is 5.17. The van der Waals surface area contributed by atoms with Gasteiger partial charge in [-0.2, -0.15) is 0 Å². The maximum absolute atomic E-state index is 5.17. The summed E-state index contributed by atoms with van der Waals surface area (Å²) in [6.45, 7) is 0.938. The van der Waals surface area contributed by atoms with Crippen LogP contribution in [0, 0.1) is 0 Å². The second-order valence-corrected chi connectivity index (χ2v) is 2.99. The van der Waals surface area contributed by atoms with Crippen molar-refractivity contribution in [2.75, 3.05) is 13.7 Å². The second kappa shape index (κ2) is 3.56. The van der Waals surface area contributed by atoms with Gasteiger partial charge in [-0.05, 0) is 25.0 Å². The summed E-state index contributed by atoms with van der Waals surface area (Å²) in [5.74, 6) is 0.683. The van der Waals surface area contributed by atoms with E-state index in [-0.39, 0.29) is 0 Å². The molecule has 0 aliphatic carbocycles. The van der Waals surface area contributed by atoms with Crippen molar-refractivity contribution in [3.63, 3.8) is 0 Å². The first-order valence-corrected chi connectivity index (χ1v) is 4.44. The lowest BCUT2D eigenvalue weighted by atomic mass is 10.1. The van der Waals surface area contributed by atoms with Crippen molar-refractivity contribution in [3.8, 4) is 5.88 Å². The van der Waals surface area contributed by atoms with Gasteiger partial charge < -0.3 is 4.74 Å². The number of nitrogens with zero attached hydrogens (tertiary/aromatic N) is 2. The molecule has 0 atom stereocenters. The van der Waals surface area contributed by atoms with Crippen LogP contribution in [0.1, 0.15) is 18.4 Å². The lowest BCUT2D eigenvalue weighted by Crippen LogP contribution is -2.01. The number of rotatable bonds is 2. The molecule has 1 aromatic rings. The van der Waals surface area contributed by atoms with E-state index in [2.05, 4.69) is 9.98 Å². The van der Waals surface area contributed by atoms with Crippen LogP contribution in [0.15, 0.2) is 23.3 Å². The van der Waals surface area contributed by atoms with Gasteiger partial charge in [0, 0.05) is 18.5 Å². The zero-order chi connectivity index (χ0) is 9.10. The smallest absolute Gasteiger partial charge is 0.222 e. The molecule has 0 N–H and O–H groups in total. The first-order valence-electron chi connectivity index (χ1n) is 4.44. The Balaban J connectivity index is 2.38. The molecule has 3 nitrogen and oxygen atoms in total. The topological polar surface area (TPSA) is 34.5 Å². The number of methoxy groups -OCH3 is 1. The second-order valence-electron chi connectivity index (χ2n) is 2.99. The molecular weight excluding hydrogens is 164 g/mol. The third-order valence-electron chi connectivity index (χ3n) is 2.15. The normalized spacial score (nSPS) is 15.6. The van der Waals surface area contributed by atoms with E-state index in [1.165, 1.54) is 0 Å². The highest BCUT2D eigenvalue weighted by Crippen LogP contribution is 2.20. The lowest BCUT2D eigenvalue weighted by molar-refractivity contribution is 0.397. The van der Waals surface area contributed by atoms with Gasteiger partial charge in [0.25, 0.3) is 0 Å². The Morgan fingerprint density at radius 1 is 1.46 bits per heavy atom. The molecule has 1 aliphatic heterocycles. The Morgan fingerprint density at radius 3 is 3.08 bits per heavy atom. The summed E-state index contributed by atoms with van der Waals surface area (Å²) >= 11 is 0. The standard InChI is InChI=1S/C10H12N2O/c1-13-10-8(4-2-7-12-10)9-5-3-6-11-9/h2,4,7H,3,5-6H2,1H3. The van der Waals surface area contributed by atoms with Gasteiger partial charge in [-0.3, -0.25) is 4.99 Å². The van der Waals surface area contributed by atoms with Gasteiger partial charge in [0.2, 0.25) is 5.88 Å². The molecule has 0 unspecified atom stereocenters. The monoisotopic (exact) mass is 176 g/mol.